The SMILES string of the molecule is CCOC(=O)NC(=O)C(N=Nc1ccc(F)cc1F)=C(C)O. The summed E-state index contributed by atoms with van der Waals surface area (Å²) in [6.07, 6.45) is -1.03. The molecule has 0 fully saturated rings. The molecule has 0 radical (unpaired) electrons. The third-order valence-electron chi connectivity index (χ3n) is 2.22. The van der Waals surface area contributed by atoms with E-state index in [0.29, 0.717) is 6.07 Å². The maximum Gasteiger partial charge on any atom is 0.414 e. The van der Waals surface area contributed by atoms with Crippen molar-refractivity contribution in [2.75, 3.05) is 6.61 Å². The van der Waals surface area contributed by atoms with Gasteiger partial charge in [0.05, 0.1) is 6.61 Å². The number of alkyl carbamates (subject to hydrolysis) is 1. The summed E-state index contributed by atoms with van der Waals surface area (Å²) in [5.74, 6) is -3.42. The van der Waals surface area contributed by atoms with E-state index in [4.69, 9.17) is 0 Å². The number of amides is 2. The molecule has 0 aliphatic rings. The number of carbonyl (C=O) groups excluding carboxylic acids is 2. The Morgan fingerprint density at radius 1 is 1.36 bits per heavy atom. The van der Waals surface area contributed by atoms with Gasteiger partial charge in [-0.25, -0.2) is 13.6 Å². The lowest BCUT2D eigenvalue weighted by atomic mass is 10.3. The summed E-state index contributed by atoms with van der Waals surface area (Å²) in [7, 11) is 0. The highest BCUT2D eigenvalue weighted by molar-refractivity contribution is 6.02. The fourth-order valence-electron chi connectivity index (χ4n) is 1.27. The summed E-state index contributed by atoms with van der Waals surface area (Å²) >= 11 is 0. The van der Waals surface area contributed by atoms with Crippen LogP contribution < -0.4 is 5.32 Å². The molecule has 7 nitrogen and oxygen atoms in total. The van der Waals surface area contributed by atoms with Crippen LogP contribution >= 0.6 is 0 Å². The van der Waals surface area contributed by atoms with Crippen LogP contribution in [0.25, 0.3) is 0 Å². The van der Waals surface area contributed by atoms with E-state index >= 15 is 0 Å². The molecule has 0 atom stereocenters. The molecule has 2 amide bonds. The Hall–Kier alpha value is -2.84. The highest BCUT2D eigenvalue weighted by atomic mass is 19.1. The summed E-state index contributed by atoms with van der Waals surface area (Å²) in [4.78, 5) is 22.8. The first-order chi connectivity index (χ1) is 10.3. The molecular formula is C13H13F2N3O4. The highest BCUT2D eigenvalue weighted by Gasteiger charge is 2.17. The van der Waals surface area contributed by atoms with E-state index in [1.54, 1.807) is 5.32 Å². The van der Waals surface area contributed by atoms with Gasteiger partial charge in [0.2, 0.25) is 0 Å². The second kappa shape index (κ2) is 7.81. The molecule has 0 bridgehead atoms. The number of aliphatic hydroxyl groups excluding tert-OH is 1. The Balaban J connectivity index is 2.94. The zero-order chi connectivity index (χ0) is 16.7. The van der Waals surface area contributed by atoms with Crippen molar-refractivity contribution in [1.82, 2.24) is 5.32 Å². The van der Waals surface area contributed by atoms with Gasteiger partial charge in [0.25, 0.3) is 5.91 Å². The van der Waals surface area contributed by atoms with Gasteiger partial charge < -0.3 is 9.84 Å². The monoisotopic (exact) mass is 313 g/mol. The van der Waals surface area contributed by atoms with E-state index in [1.807, 2.05) is 0 Å². The molecule has 2 N–H and O–H groups in total. The Morgan fingerprint density at radius 3 is 2.59 bits per heavy atom. The lowest BCUT2D eigenvalue weighted by molar-refractivity contribution is -0.117. The third-order valence-corrected chi connectivity index (χ3v) is 2.22. The Kier molecular flexibility index (Phi) is 6.11. The van der Waals surface area contributed by atoms with Crippen molar-refractivity contribution >= 4 is 17.7 Å². The number of ether oxygens (including phenoxy) is 1. The molecule has 9 heteroatoms. The average Bonchev–Trinajstić information content (AvgIpc) is 2.40. The molecule has 118 valence electrons. The standard InChI is InChI=1S/C13H13F2N3O4/c1-3-22-13(21)16-12(20)11(7(2)19)18-17-10-5-4-8(14)6-9(10)15/h4-6,19H,3H2,1-2H3,(H,16,20,21). The molecule has 0 aliphatic carbocycles. The number of benzene rings is 1. The van der Waals surface area contributed by atoms with Crippen LogP contribution in [0.2, 0.25) is 0 Å². The van der Waals surface area contributed by atoms with Crippen LogP contribution in [0.3, 0.4) is 0 Å². The van der Waals surface area contributed by atoms with Crippen LogP contribution in [0, 0.1) is 11.6 Å². The van der Waals surface area contributed by atoms with Crippen LogP contribution in [-0.2, 0) is 9.53 Å². The number of allylic oxidation sites excluding steroid dienone is 1. The predicted octanol–water partition coefficient (Wildman–Crippen LogP) is 3.11. The van der Waals surface area contributed by atoms with Gasteiger partial charge in [-0.1, -0.05) is 0 Å². The van der Waals surface area contributed by atoms with Crippen LogP contribution in [0.15, 0.2) is 39.9 Å². The number of halogens is 2. The number of nitrogens with zero attached hydrogens (tertiary/aromatic N) is 2. The summed E-state index contributed by atoms with van der Waals surface area (Å²) in [5, 5.41) is 17.9. The maximum absolute atomic E-state index is 13.4. The fraction of sp³-hybridized carbons (Fsp3) is 0.231. The average molecular weight is 313 g/mol. The number of carbonyl (C=O) groups is 2. The lowest BCUT2D eigenvalue weighted by Gasteiger charge is -2.04. The third kappa shape index (κ3) is 4.93. The van der Waals surface area contributed by atoms with E-state index in [9.17, 15) is 23.5 Å². The number of aliphatic hydroxyl groups is 1. The van der Waals surface area contributed by atoms with Crippen molar-refractivity contribution < 1.29 is 28.2 Å². The number of rotatable bonds is 4. The van der Waals surface area contributed by atoms with E-state index in [2.05, 4.69) is 15.0 Å². The smallest absolute Gasteiger partial charge is 0.414 e. The lowest BCUT2D eigenvalue weighted by Crippen LogP contribution is -2.32. The first kappa shape index (κ1) is 17.2. The van der Waals surface area contributed by atoms with Crippen molar-refractivity contribution in [2.24, 2.45) is 10.2 Å². The van der Waals surface area contributed by atoms with Crippen LogP contribution in [0.4, 0.5) is 19.3 Å². The Labute approximate surface area is 124 Å². The first-order valence-electron chi connectivity index (χ1n) is 6.09. The number of hydrogen-bond donors (Lipinski definition) is 2. The Bertz CT molecular complexity index is 640. The zero-order valence-corrected chi connectivity index (χ0v) is 11.8. The van der Waals surface area contributed by atoms with Gasteiger partial charge >= 0.3 is 6.09 Å². The number of hydrogen-bond acceptors (Lipinski definition) is 6. The summed E-state index contributed by atoms with van der Waals surface area (Å²) in [6.45, 7) is 2.70. The number of nitrogens with one attached hydrogen (secondary N) is 1. The molecule has 1 rings (SSSR count). The minimum atomic E-state index is -1.08. The van der Waals surface area contributed by atoms with Crippen molar-refractivity contribution in [3.63, 3.8) is 0 Å². The molecular weight excluding hydrogens is 300 g/mol. The van der Waals surface area contributed by atoms with Gasteiger partial charge in [0.15, 0.2) is 11.5 Å². The van der Waals surface area contributed by atoms with Gasteiger partial charge in [-0.15, -0.1) is 10.2 Å². The normalized spacial score (nSPS) is 12.0. The summed E-state index contributed by atoms with van der Waals surface area (Å²) in [6, 6.07) is 2.54. The van der Waals surface area contributed by atoms with Gasteiger partial charge in [-0.05, 0) is 26.0 Å². The second-order valence-electron chi connectivity index (χ2n) is 3.90. The quantitative estimate of drug-likeness (QED) is 0.506. The minimum Gasteiger partial charge on any atom is -0.510 e. The molecule has 1 aromatic carbocycles. The van der Waals surface area contributed by atoms with Crippen LogP contribution in [-0.4, -0.2) is 23.7 Å². The molecule has 0 saturated heterocycles. The van der Waals surface area contributed by atoms with E-state index < -0.39 is 35.1 Å². The van der Waals surface area contributed by atoms with Gasteiger partial charge in [-0.2, -0.15) is 0 Å². The molecule has 1 aromatic rings. The van der Waals surface area contributed by atoms with Crippen LogP contribution in [0.5, 0.6) is 0 Å². The van der Waals surface area contributed by atoms with E-state index in [1.165, 1.54) is 6.92 Å². The maximum atomic E-state index is 13.4. The fourth-order valence-corrected chi connectivity index (χ4v) is 1.27. The van der Waals surface area contributed by atoms with Crippen LogP contribution in [0.1, 0.15) is 13.8 Å². The van der Waals surface area contributed by atoms with Gasteiger partial charge in [0, 0.05) is 6.07 Å². The topological polar surface area (TPSA) is 100 Å². The molecule has 0 aromatic heterocycles. The van der Waals surface area contributed by atoms with Crippen molar-refractivity contribution in [3.05, 3.63) is 41.3 Å². The molecule has 0 aliphatic heterocycles. The summed E-state index contributed by atoms with van der Waals surface area (Å²) < 4.78 is 30.6. The zero-order valence-electron chi connectivity index (χ0n) is 11.8. The molecule has 0 unspecified atom stereocenters. The molecule has 0 saturated carbocycles. The van der Waals surface area contributed by atoms with Gasteiger partial charge in [-0.3, -0.25) is 10.1 Å². The predicted molar refractivity (Wildman–Crippen MR) is 71.4 cm³/mol. The molecule has 0 heterocycles. The van der Waals surface area contributed by atoms with Gasteiger partial charge in [0.1, 0.15) is 17.3 Å². The summed E-state index contributed by atoms with van der Waals surface area (Å²) in [5.41, 5.74) is -0.958. The first-order valence-corrected chi connectivity index (χ1v) is 6.09. The van der Waals surface area contributed by atoms with Crippen molar-refractivity contribution in [3.8, 4) is 0 Å². The molecule has 22 heavy (non-hydrogen) atoms. The minimum absolute atomic E-state index is 0.0403. The largest absolute Gasteiger partial charge is 0.510 e. The molecule has 0 spiro atoms. The van der Waals surface area contributed by atoms with Crippen molar-refractivity contribution in [1.29, 1.82) is 0 Å². The van der Waals surface area contributed by atoms with E-state index in [-0.39, 0.29) is 12.3 Å². The van der Waals surface area contributed by atoms with E-state index in [0.717, 1.165) is 19.1 Å². The number of imide groups is 1. The van der Waals surface area contributed by atoms with Crippen molar-refractivity contribution in [2.45, 2.75) is 13.8 Å². The second-order valence-corrected chi connectivity index (χ2v) is 3.90. The Morgan fingerprint density at radius 2 is 2.05 bits per heavy atom. The highest BCUT2D eigenvalue weighted by Crippen LogP contribution is 2.20. The number of azo groups is 1.